The summed E-state index contributed by atoms with van der Waals surface area (Å²) in [5.74, 6) is 0.358. The van der Waals surface area contributed by atoms with Crippen LogP contribution in [0.3, 0.4) is 0 Å². The van der Waals surface area contributed by atoms with Gasteiger partial charge in [-0.25, -0.2) is 8.42 Å². The number of ether oxygens (including phenoxy) is 1. The van der Waals surface area contributed by atoms with Gasteiger partial charge in [0.2, 0.25) is 0 Å². The fraction of sp³-hybridized carbons (Fsp3) is 0.538. The summed E-state index contributed by atoms with van der Waals surface area (Å²) in [5.41, 5.74) is 0.680. The van der Waals surface area contributed by atoms with Crippen LogP contribution in [0.15, 0.2) is 18.2 Å². The number of halogens is 1. The number of rotatable bonds is 5. The summed E-state index contributed by atoms with van der Waals surface area (Å²) < 4.78 is 28.3. The Balaban J connectivity index is 2.64. The summed E-state index contributed by atoms with van der Waals surface area (Å²) in [6.45, 7) is 4.93. The number of benzene rings is 1. The molecule has 1 aromatic rings. The summed E-state index contributed by atoms with van der Waals surface area (Å²) in [6.07, 6.45) is 0. The van der Waals surface area contributed by atoms with Crippen LogP contribution in [0.2, 0.25) is 5.02 Å². The minimum atomic E-state index is -3.20. The van der Waals surface area contributed by atoms with Gasteiger partial charge >= 0.3 is 0 Å². The van der Waals surface area contributed by atoms with Gasteiger partial charge < -0.3 is 9.84 Å². The van der Waals surface area contributed by atoms with Crippen LogP contribution in [0.4, 0.5) is 0 Å². The topological polar surface area (TPSA) is 63.6 Å². The number of hydrogen-bond donors (Lipinski definition) is 1. The van der Waals surface area contributed by atoms with Crippen LogP contribution >= 0.6 is 11.6 Å². The first-order valence-corrected chi connectivity index (χ1v) is 7.95. The molecule has 0 amide bonds. The molecule has 1 aromatic carbocycles. The highest BCUT2D eigenvalue weighted by molar-refractivity contribution is 7.92. The van der Waals surface area contributed by atoms with E-state index in [0.29, 0.717) is 16.3 Å². The second kappa shape index (κ2) is 6.11. The normalized spacial score (nSPS) is 12.5. The molecule has 0 fully saturated rings. The molecule has 0 radical (unpaired) electrons. The van der Waals surface area contributed by atoms with E-state index in [0.717, 1.165) is 0 Å². The van der Waals surface area contributed by atoms with Crippen LogP contribution in [0, 0.1) is 0 Å². The monoisotopic (exact) mass is 306 g/mol. The van der Waals surface area contributed by atoms with Gasteiger partial charge in [-0.1, -0.05) is 17.7 Å². The van der Waals surface area contributed by atoms with Crippen molar-refractivity contribution in [2.45, 2.75) is 32.1 Å². The first-order chi connectivity index (χ1) is 8.67. The molecule has 0 saturated heterocycles. The molecule has 0 unspecified atom stereocenters. The van der Waals surface area contributed by atoms with Gasteiger partial charge in [0.05, 0.1) is 22.1 Å². The van der Waals surface area contributed by atoms with Crippen LogP contribution < -0.4 is 4.74 Å². The third-order valence-electron chi connectivity index (χ3n) is 2.72. The lowest BCUT2D eigenvalue weighted by molar-refractivity contribution is 0.281. The van der Waals surface area contributed by atoms with Gasteiger partial charge in [0.25, 0.3) is 0 Å². The highest BCUT2D eigenvalue weighted by Gasteiger charge is 2.28. The average Bonchev–Trinajstić information content (AvgIpc) is 2.29. The smallest absolute Gasteiger partial charge is 0.158 e. The molecule has 6 heteroatoms. The van der Waals surface area contributed by atoms with E-state index in [1.807, 2.05) is 0 Å². The predicted octanol–water partition coefficient (Wildman–Crippen LogP) is 2.42. The van der Waals surface area contributed by atoms with Crippen LogP contribution in [0.25, 0.3) is 0 Å². The molecular formula is C13H19ClO4S. The maximum absolute atomic E-state index is 11.9. The van der Waals surface area contributed by atoms with E-state index in [1.54, 1.807) is 39.0 Å². The van der Waals surface area contributed by atoms with Gasteiger partial charge in [-0.05, 0) is 38.5 Å². The SMILES string of the molecule is CC(C)(C)S(=O)(=O)CCOc1ccc(CO)cc1Cl. The summed E-state index contributed by atoms with van der Waals surface area (Å²) in [5, 5.41) is 9.31. The number of aliphatic hydroxyl groups is 1. The van der Waals surface area contributed by atoms with Gasteiger partial charge in [0.15, 0.2) is 9.84 Å². The molecule has 0 saturated carbocycles. The molecule has 1 rings (SSSR count). The maximum Gasteiger partial charge on any atom is 0.158 e. The minimum Gasteiger partial charge on any atom is -0.491 e. The molecule has 0 atom stereocenters. The van der Waals surface area contributed by atoms with Crippen LogP contribution in [0.1, 0.15) is 26.3 Å². The third kappa shape index (κ3) is 4.37. The van der Waals surface area contributed by atoms with Crippen molar-refractivity contribution < 1.29 is 18.3 Å². The van der Waals surface area contributed by atoms with E-state index in [4.69, 9.17) is 21.4 Å². The lowest BCUT2D eigenvalue weighted by Gasteiger charge is -2.19. The van der Waals surface area contributed by atoms with Crippen molar-refractivity contribution in [3.63, 3.8) is 0 Å². The Labute approximate surface area is 119 Å². The molecule has 0 bridgehead atoms. The lowest BCUT2D eigenvalue weighted by Crippen LogP contribution is -2.32. The van der Waals surface area contributed by atoms with Crippen LogP contribution in [-0.4, -0.2) is 30.6 Å². The fourth-order valence-electron chi connectivity index (χ4n) is 1.33. The molecule has 19 heavy (non-hydrogen) atoms. The van der Waals surface area contributed by atoms with E-state index in [-0.39, 0.29) is 19.0 Å². The Kier molecular flexibility index (Phi) is 5.24. The van der Waals surface area contributed by atoms with Gasteiger partial charge in [-0.15, -0.1) is 0 Å². The Morgan fingerprint density at radius 1 is 1.32 bits per heavy atom. The molecule has 0 aliphatic heterocycles. The molecular weight excluding hydrogens is 288 g/mol. The second-order valence-electron chi connectivity index (χ2n) is 5.20. The number of hydrogen-bond acceptors (Lipinski definition) is 4. The van der Waals surface area contributed by atoms with Crippen molar-refractivity contribution in [1.29, 1.82) is 0 Å². The third-order valence-corrected chi connectivity index (χ3v) is 5.59. The van der Waals surface area contributed by atoms with Crippen molar-refractivity contribution in [2.75, 3.05) is 12.4 Å². The van der Waals surface area contributed by atoms with Crippen molar-refractivity contribution in [1.82, 2.24) is 0 Å². The number of aliphatic hydroxyl groups excluding tert-OH is 1. The summed E-state index contributed by atoms with van der Waals surface area (Å²) in [7, 11) is -3.20. The van der Waals surface area contributed by atoms with Gasteiger partial charge in [0.1, 0.15) is 12.4 Å². The van der Waals surface area contributed by atoms with Gasteiger partial charge in [0, 0.05) is 0 Å². The van der Waals surface area contributed by atoms with E-state index in [1.165, 1.54) is 0 Å². The highest BCUT2D eigenvalue weighted by Crippen LogP contribution is 2.26. The van der Waals surface area contributed by atoms with E-state index < -0.39 is 14.6 Å². The highest BCUT2D eigenvalue weighted by atomic mass is 35.5. The Hall–Kier alpha value is -0.780. The molecule has 108 valence electrons. The van der Waals surface area contributed by atoms with Crippen LogP contribution in [0.5, 0.6) is 5.75 Å². The van der Waals surface area contributed by atoms with E-state index in [2.05, 4.69) is 0 Å². The van der Waals surface area contributed by atoms with Gasteiger partial charge in [-0.2, -0.15) is 0 Å². The zero-order valence-electron chi connectivity index (χ0n) is 11.3. The first-order valence-electron chi connectivity index (χ1n) is 5.92. The molecule has 0 aliphatic carbocycles. The zero-order valence-corrected chi connectivity index (χ0v) is 12.9. The lowest BCUT2D eigenvalue weighted by atomic mass is 10.2. The molecule has 1 N–H and O–H groups in total. The van der Waals surface area contributed by atoms with Crippen LogP contribution in [-0.2, 0) is 16.4 Å². The first kappa shape index (κ1) is 16.3. The predicted molar refractivity (Wildman–Crippen MR) is 76.4 cm³/mol. The van der Waals surface area contributed by atoms with Crippen molar-refractivity contribution in [3.8, 4) is 5.75 Å². The molecule has 0 aromatic heterocycles. The van der Waals surface area contributed by atoms with Crippen molar-refractivity contribution in [2.24, 2.45) is 0 Å². The van der Waals surface area contributed by atoms with Crippen molar-refractivity contribution in [3.05, 3.63) is 28.8 Å². The standard InChI is InChI=1S/C13H19ClO4S/c1-13(2,3)19(16,17)7-6-18-12-5-4-10(9-15)8-11(12)14/h4-5,8,15H,6-7,9H2,1-3H3. The fourth-order valence-corrected chi connectivity index (χ4v) is 2.50. The largest absolute Gasteiger partial charge is 0.491 e. The second-order valence-corrected chi connectivity index (χ2v) is 8.47. The van der Waals surface area contributed by atoms with E-state index >= 15 is 0 Å². The minimum absolute atomic E-state index is 0.0534. The molecule has 0 aliphatic rings. The van der Waals surface area contributed by atoms with E-state index in [9.17, 15) is 8.42 Å². The zero-order chi connectivity index (χ0) is 14.7. The summed E-state index contributed by atoms with van der Waals surface area (Å²) in [4.78, 5) is 0. The Morgan fingerprint density at radius 2 is 1.95 bits per heavy atom. The molecule has 0 heterocycles. The molecule has 0 spiro atoms. The average molecular weight is 307 g/mol. The summed E-state index contributed by atoms with van der Waals surface area (Å²) in [6, 6.07) is 4.90. The van der Waals surface area contributed by atoms with Crippen molar-refractivity contribution >= 4 is 21.4 Å². The quantitative estimate of drug-likeness (QED) is 0.907. The summed E-state index contributed by atoms with van der Waals surface area (Å²) >= 11 is 5.96. The number of sulfone groups is 1. The van der Waals surface area contributed by atoms with Gasteiger partial charge in [-0.3, -0.25) is 0 Å². The maximum atomic E-state index is 11.9. The molecule has 4 nitrogen and oxygen atoms in total. The Morgan fingerprint density at radius 3 is 2.42 bits per heavy atom. The Bertz CT molecular complexity index is 532.